The molecule has 0 saturated carbocycles. The SMILES string of the molecule is O=C1N/C(=N\N=C\c2ccco2)S/C1=C/c1ccc(-c2cccc([N+](=O)[O-])c2)o1. The van der Waals surface area contributed by atoms with Crippen LogP contribution in [0, 0.1) is 10.1 Å². The van der Waals surface area contributed by atoms with Crippen molar-refractivity contribution in [2.45, 2.75) is 0 Å². The number of nitrogens with zero attached hydrogens (tertiary/aromatic N) is 3. The molecular weight excluding hydrogens is 396 g/mol. The van der Waals surface area contributed by atoms with Gasteiger partial charge in [0, 0.05) is 23.8 Å². The lowest BCUT2D eigenvalue weighted by atomic mass is 10.1. The number of carbonyl (C=O) groups excluding carboxylic acids is 1. The molecule has 1 amide bonds. The molecule has 1 aliphatic heterocycles. The molecule has 0 spiro atoms. The Morgan fingerprint density at radius 1 is 1.14 bits per heavy atom. The fourth-order valence-electron chi connectivity index (χ4n) is 2.47. The zero-order valence-electron chi connectivity index (χ0n) is 14.6. The van der Waals surface area contributed by atoms with Crippen molar-refractivity contribution in [1.29, 1.82) is 0 Å². The predicted octanol–water partition coefficient (Wildman–Crippen LogP) is 4.04. The van der Waals surface area contributed by atoms with Gasteiger partial charge in [-0.05, 0) is 36.0 Å². The Bertz CT molecular complexity index is 1160. The van der Waals surface area contributed by atoms with Crippen LogP contribution in [0.5, 0.6) is 0 Å². The average Bonchev–Trinajstić information content (AvgIpc) is 3.45. The van der Waals surface area contributed by atoms with E-state index in [0.29, 0.717) is 32.9 Å². The molecule has 4 rings (SSSR count). The molecular formula is C19H12N4O5S. The number of furan rings is 2. The molecule has 1 fully saturated rings. The van der Waals surface area contributed by atoms with E-state index in [2.05, 4.69) is 15.5 Å². The third-order valence-corrected chi connectivity index (χ3v) is 4.67. The van der Waals surface area contributed by atoms with E-state index in [1.807, 2.05) is 0 Å². The average molecular weight is 408 g/mol. The molecule has 1 saturated heterocycles. The van der Waals surface area contributed by atoms with Crippen molar-refractivity contribution < 1.29 is 18.6 Å². The third-order valence-electron chi connectivity index (χ3n) is 3.77. The second-order valence-corrected chi connectivity index (χ2v) is 6.77. The lowest BCUT2D eigenvalue weighted by Gasteiger charge is -1.97. The highest BCUT2D eigenvalue weighted by Gasteiger charge is 2.24. The number of thioether (sulfide) groups is 1. The number of nitrogens with one attached hydrogen (secondary N) is 1. The van der Waals surface area contributed by atoms with Crippen molar-refractivity contribution in [2.24, 2.45) is 10.2 Å². The van der Waals surface area contributed by atoms with Gasteiger partial charge in [0.15, 0.2) is 5.17 Å². The topological polar surface area (TPSA) is 123 Å². The van der Waals surface area contributed by atoms with Crippen LogP contribution < -0.4 is 5.32 Å². The minimum absolute atomic E-state index is 0.0273. The molecule has 9 nitrogen and oxygen atoms in total. The molecule has 29 heavy (non-hydrogen) atoms. The van der Waals surface area contributed by atoms with Crippen molar-refractivity contribution in [2.75, 3.05) is 0 Å². The summed E-state index contributed by atoms with van der Waals surface area (Å²) in [7, 11) is 0. The molecule has 2 aromatic heterocycles. The van der Waals surface area contributed by atoms with Crippen LogP contribution in [0.4, 0.5) is 5.69 Å². The van der Waals surface area contributed by atoms with E-state index in [4.69, 9.17) is 8.83 Å². The Morgan fingerprint density at radius 2 is 2.03 bits per heavy atom. The van der Waals surface area contributed by atoms with Gasteiger partial charge in [-0.1, -0.05) is 12.1 Å². The second kappa shape index (κ2) is 7.98. The molecule has 1 aliphatic rings. The quantitative estimate of drug-likeness (QED) is 0.294. The summed E-state index contributed by atoms with van der Waals surface area (Å²) in [6, 6.07) is 12.9. The van der Waals surface area contributed by atoms with Crippen LogP contribution in [0.25, 0.3) is 17.4 Å². The van der Waals surface area contributed by atoms with Gasteiger partial charge in [-0.3, -0.25) is 20.2 Å². The smallest absolute Gasteiger partial charge is 0.270 e. The Labute approximate surface area is 168 Å². The minimum atomic E-state index is -0.468. The van der Waals surface area contributed by atoms with Gasteiger partial charge in [0.2, 0.25) is 0 Å². The number of amidine groups is 1. The molecule has 0 bridgehead atoms. The first-order valence-electron chi connectivity index (χ1n) is 8.28. The zero-order valence-corrected chi connectivity index (χ0v) is 15.5. The fraction of sp³-hybridized carbons (Fsp3) is 0. The summed E-state index contributed by atoms with van der Waals surface area (Å²) in [5, 5.41) is 21.7. The number of non-ortho nitro benzene ring substituents is 1. The van der Waals surface area contributed by atoms with E-state index in [0.717, 1.165) is 11.8 Å². The lowest BCUT2D eigenvalue weighted by Crippen LogP contribution is -2.19. The highest BCUT2D eigenvalue weighted by Crippen LogP contribution is 2.30. The van der Waals surface area contributed by atoms with Crippen molar-refractivity contribution in [3.63, 3.8) is 0 Å². The Morgan fingerprint density at radius 3 is 2.83 bits per heavy atom. The predicted molar refractivity (Wildman–Crippen MR) is 108 cm³/mol. The van der Waals surface area contributed by atoms with Gasteiger partial charge in [-0.25, -0.2) is 0 Å². The second-order valence-electron chi connectivity index (χ2n) is 5.74. The van der Waals surface area contributed by atoms with Crippen LogP contribution in [-0.2, 0) is 4.79 Å². The van der Waals surface area contributed by atoms with E-state index in [-0.39, 0.29) is 11.6 Å². The maximum absolute atomic E-state index is 12.1. The van der Waals surface area contributed by atoms with Crippen molar-refractivity contribution >= 4 is 40.8 Å². The largest absolute Gasteiger partial charge is 0.463 e. The van der Waals surface area contributed by atoms with Gasteiger partial charge in [0.05, 0.1) is 22.3 Å². The summed E-state index contributed by atoms with van der Waals surface area (Å²) >= 11 is 1.12. The molecule has 0 aliphatic carbocycles. The number of hydrogen-bond donors (Lipinski definition) is 1. The molecule has 0 radical (unpaired) electrons. The number of hydrogen-bond acceptors (Lipinski definition) is 8. The highest BCUT2D eigenvalue weighted by atomic mass is 32.2. The summed E-state index contributed by atoms with van der Waals surface area (Å²) in [5.74, 6) is 1.12. The molecule has 144 valence electrons. The summed E-state index contributed by atoms with van der Waals surface area (Å²) in [5.41, 5.74) is 0.544. The Hall–Kier alpha value is -3.92. The van der Waals surface area contributed by atoms with E-state index >= 15 is 0 Å². The van der Waals surface area contributed by atoms with E-state index < -0.39 is 4.92 Å². The number of rotatable bonds is 5. The third kappa shape index (κ3) is 4.33. The van der Waals surface area contributed by atoms with E-state index in [9.17, 15) is 14.9 Å². The maximum Gasteiger partial charge on any atom is 0.270 e. The highest BCUT2D eigenvalue weighted by molar-refractivity contribution is 8.18. The molecule has 1 N–H and O–H groups in total. The first-order valence-corrected chi connectivity index (χ1v) is 9.10. The van der Waals surface area contributed by atoms with Crippen LogP contribution in [0.2, 0.25) is 0 Å². The minimum Gasteiger partial charge on any atom is -0.463 e. The van der Waals surface area contributed by atoms with Gasteiger partial charge < -0.3 is 8.83 Å². The van der Waals surface area contributed by atoms with E-state index in [1.54, 1.807) is 42.5 Å². The van der Waals surface area contributed by atoms with Gasteiger partial charge >= 0.3 is 0 Å². The van der Waals surface area contributed by atoms with Crippen molar-refractivity contribution in [1.82, 2.24) is 5.32 Å². The first-order chi connectivity index (χ1) is 14.1. The monoisotopic (exact) mass is 408 g/mol. The summed E-state index contributed by atoms with van der Waals surface area (Å²) < 4.78 is 10.8. The van der Waals surface area contributed by atoms with Crippen LogP contribution in [0.1, 0.15) is 11.5 Å². The number of benzene rings is 1. The molecule has 0 atom stereocenters. The Balaban J connectivity index is 1.49. The number of nitro groups is 1. The van der Waals surface area contributed by atoms with Crippen molar-refractivity contribution in [3.8, 4) is 11.3 Å². The number of nitro benzene ring substituents is 1. The Kier molecular flexibility index (Phi) is 5.08. The summed E-state index contributed by atoms with van der Waals surface area (Å²) in [4.78, 5) is 22.9. The summed E-state index contributed by atoms with van der Waals surface area (Å²) in [6.45, 7) is 0. The van der Waals surface area contributed by atoms with Crippen LogP contribution in [-0.4, -0.2) is 22.2 Å². The van der Waals surface area contributed by atoms with Crippen LogP contribution in [0.15, 0.2) is 78.7 Å². The van der Waals surface area contributed by atoms with Crippen LogP contribution >= 0.6 is 11.8 Å². The van der Waals surface area contributed by atoms with E-state index in [1.165, 1.54) is 24.6 Å². The maximum atomic E-state index is 12.1. The number of amides is 1. The van der Waals surface area contributed by atoms with Gasteiger partial charge in [0.1, 0.15) is 17.3 Å². The molecule has 10 heteroatoms. The van der Waals surface area contributed by atoms with Gasteiger partial charge in [-0.15, -0.1) is 5.10 Å². The van der Waals surface area contributed by atoms with Gasteiger partial charge in [0.25, 0.3) is 11.6 Å². The fourth-order valence-corrected chi connectivity index (χ4v) is 3.22. The van der Waals surface area contributed by atoms with Crippen LogP contribution in [0.3, 0.4) is 0 Å². The van der Waals surface area contributed by atoms with Gasteiger partial charge in [-0.2, -0.15) is 5.10 Å². The molecule has 0 unspecified atom stereocenters. The molecule has 3 heterocycles. The normalized spacial score (nSPS) is 16.8. The van der Waals surface area contributed by atoms with Crippen molar-refractivity contribution in [3.05, 3.63) is 81.3 Å². The summed E-state index contributed by atoms with van der Waals surface area (Å²) in [6.07, 6.45) is 4.52. The first kappa shape index (κ1) is 18.4. The lowest BCUT2D eigenvalue weighted by molar-refractivity contribution is -0.384. The standard InChI is InChI=1S/C19H12N4O5S/c24-18-17(29-19(21-18)22-20-11-15-5-2-8-27-15)10-14-6-7-16(28-14)12-3-1-4-13(9-12)23(25)26/h1-11H,(H,21,22,24)/b17-10+,20-11+. The molecule has 3 aromatic rings. The molecule has 1 aromatic carbocycles. The number of carbonyl (C=O) groups is 1. The zero-order chi connectivity index (χ0) is 20.2.